The van der Waals surface area contributed by atoms with Crippen LogP contribution in [0.3, 0.4) is 0 Å². The fourth-order valence-electron chi connectivity index (χ4n) is 3.08. The average Bonchev–Trinajstić information content (AvgIpc) is 3.28. The van der Waals surface area contributed by atoms with E-state index in [4.69, 9.17) is 4.74 Å². The number of nitrogens with one attached hydrogen (secondary N) is 1. The molecule has 0 aliphatic carbocycles. The molecule has 4 aromatic rings. The van der Waals surface area contributed by atoms with Crippen LogP contribution in [0.15, 0.2) is 97.3 Å². The number of aromatic nitrogens is 2. The SMILES string of the molecule is O=C(NCCc1cnn(-c2ccccc2)c1)c1ccc(OCc2ccccc2)cc1. The normalized spacial score (nSPS) is 10.5. The second-order valence-corrected chi connectivity index (χ2v) is 6.93. The minimum atomic E-state index is -0.0972. The van der Waals surface area contributed by atoms with E-state index in [0.29, 0.717) is 18.7 Å². The van der Waals surface area contributed by atoms with Crippen LogP contribution in [0.5, 0.6) is 5.75 Å². The first-order chi connectivity index (χ1) is 14.8. The van der Waals surface area contributed by atoms with Crippen LogP contribution in [-0.4, -0.2) is 22.2 Å². The number of amides is 1. The van der Waals surface area contributed by atoms with Gasteiger partial charge in [-0.2, -0.15) is 5.10 Å². The van der Waals surface area contributed by atoms with Crippen molar-refractivity contribution in [2.24, 2.45) is 0 Å². The second kappa shape index (κ2) is 9.56. The minimum absolute atomic E-state index is 0.0972. The topological polar surface area (TPSA) is 56.2 Å². The highest BCUT2D eigenvalue weighted by molar-refractivity contribution is 5.94. The van der Waals surface area contributed by atoms with Crippen molar-refractivity contribution in [1.82, 2.24) is 15.1 Å². The summed E-state index contributed by atoms with van der Waals surface area (Å²) in [5.74, 6) is 0.642. The zero-order valence-electron chi connectivity index (χ0n) is 16.6. The van der Waals surface area contributed by atoms with Crippen molar-refractivity contribution in [3.05, 3.63) is 114 Å². The molecule has 0 bridgehead atoms. The summed E-state index contributed by atoms with van der Waals surface area (Å²) in [6.45, 7) is 1.05. The summed E-state index contributed by atoms with van der Waals surface area (Å²) in [6, 6.07) is 27.1. The third-order valence-electron chi connectivity index (χ3n) is 4.72. The highest BCUT2D eigenvalue weighted by atomic mass is 16.5. The van der Waals surface area contributed by atoms with Crippen LogP contribution in [0.4, 0.5) is 0 Å². The van der Waals surface area contributed by atoms with Gasteiger partial charge in [-0.05, 0) is 53.9 Å². The maximum absolute atomic E-state index is 12.4. The maximum atomic E-state index is 12.4. The van der Waals surface area contributed by atoms with E-state index in [1.54, 1.807) is 12.1 Å². The summed E-state index contributed by atoms with van der Waals surface area (Å²) in [5.41, 5.74) is 3.81. The number of ether oxygens (including phenoxy) is 1. The van der Waals surface area contributed by atoms with Crippen LogP contribution >= 0.6 is 0 Å². The first kappa shape index (κ1) is 19.5. The summed E-state index contributed by atoms with van der Waals surface area (Å²) >= 11 is 0. The fourth-order valence-corrected chi connectivity index (χ4v) is 3.08. The van der Waals surface area contributed by atoms with Crippen LogP contribution in [0.1, 0.15) is 21.5 Å². The van der Waals surface area contributed by atoms with Crippen molar-refractivity contribution in [2.75, 3.05) is 6.54 Å². The number of nitrogens with zero attached hydrogens (tertiary/aromatic N) is 2. The first-order valence-electron chi connectivity index (χ1n) is 9.92. The van der Waals surface area contributed by atoms with E-state index in [0.717, 1.165) is 29.0 Å². The summed E-state index contributed by atoms with van der Waals surface area (Å²) in [5, 5.41) is 7.34. The highest BCUT2D eigenvalue weighted by Gasteiger charge is 2.06. The molecule has 30 heavy (non-hydrogen) atoms. The molecular formula is C25H23N3O2. The number of benzene rings is 3. The van der Waals surface area contributed by atoms with Crippen molar-refractivity contribution in [2.45, 2.75) is 13.0 Å². The highest BCUT2D eigenvalue weighted by Crippen LogP contribution is 2.14. The smallest absolute Gasteiger partial charge is 0.251 e. The van der Waals surface area contributed by atoms with Crippen LogP contribution in [0.2, 0.25) is 0 Å². The number of carbonyl (C=O) groups excluding carboxylic acids is 1. The molecule has 5 nitrogen and oxygen atoms in total. The molecule has 0 spiro atoms. The lowest BCUT2D eigenvalue weighted by Gasteiger charge is -2.08. The van der Waals surface area contributed by atoms with Gasteiger partial charge in [0, 0.05) is 18.3 Å². The van der Waals surface area contributed by atoms with E-state index in [2.05, 4.69) is 10.4 Å². The maximum Gasteiger partial charge on any atom is 0.251 e. The molecule has 3 aromatic carbocycles. The predicted octanol–water partition coefficient (Wildman–Crippen LogP) is 4.42. The van der Waals surface area contributed by atoms with Gasteiger partial charge in [0.15, 0.2) is 0 Å². The van der Waals surface area contributed by atoms with E-state index < -0.39 is 0 Å². The zero-order chi connectivity index (χ0) is 20.6. The van der Waals surface area contributed by atoms with Gasteiger partial charge in [-0.25, -0.2) is 4.68 Å². The molecule has 1 N–H and O–H groups in total. The summed E-state index contributed by atoms with van der Waals surface area (Å²) < 4.78 is 7.60. The third kappa shape index (κ3) is 5.14. The van der Waals surface area contributed by atoms with E-state index in [1.807, 2.05) is 89.9 Å². The molecule has 0 aliphatic rings. The fraction of sp³-hybridized carbons (Fsp3) is 0.120. The van der Waals surface area contributed by atoms with Gasteiger partial charge in [0.1, 0.15) is 12.4 Å². The molecule has 5 heteroatoms. The Morgan fingerprint density at radius 1 is 0.867 bits per heavy atom. The molecule has 0 unspecified atom stereocenters. The lowest BCUT2D eigenvalue weighted by Crippen LogP contribution is -2.25. The minimum Gasteiger partial charge on any atom is -0.489 e. The van der Waals surface area contributed by atoms with Crippen molar-refractivity contribution < 1.29 is 9.53 Å². The quantitative estimate of drug-likeness (QED) is 0.479. The Morgan fingerprint density at radius 3 is 2.30 bits per heavy atom. The molecule has 4 rings (SSSR count). The van der Waals surface area contributed by atoms with E-state index in [9.17, 15) is 4.79 Å². The van der Waals surface area contributed by atoms with Gasteiger partial charge in [0.05, 0.1) is 11.9 Å². The first-order valence-corrected chi connectivity index (χ1v) is 9.92. The Balaban J connectivity index is 1.25. The molecule has 0 saturated heterocycles. The molecule has 1 aromatic heterocycles. The van der Waals surface area contributed by atoms with Crippen molar-refractivity contribution in [1.29, 1.82) is 0 Å². The van der Waals surface area contributed by atoms with Crippen LogP contribution in [-0.2, 0) is 13.0 Å². The Hall–Kier alpha value is -3.86. The van der Waals surface area contributed by atoms with Crippen molar-refractivity contribution in [3.8, 4) is 11.4 Å². The molecule has 0 saturated carbocycles. The van der Waals surface area contributed by atoms with Gasteiger partial charge >= 0.3 is 0 Å². The molecular weight excluding hydrogens is 374 g/mol. The van der Waals surface area contributed by atoms with Gasteiger partial charge < -0.3 is 10.1 Å². The third-order valence-corrected chi connectivity index (χ3v) is 4.72. The molecule has 1 amide bonds. The lowest BCUT2D eigenvalue weighted by molar-refractivity contribution is 0.0954. The Labute approximate surface area is 175 Å². The van der Waals surface area contributed by atoms with Gasteiger partial charge in [0.2, 0.25) is 0 Å². The standard InChI is InChI=1S/C25H23N3O2/c29-25(22-11-13-24(14-12-22)30-19-20-7-3-1-4-8-20)26-16-15-21-17-27-28(18-21)23-9-5-2-6-10-23/h1-14,17-18H,15-16,19H2,(H,26,29). The Bertz CT molecular complexity index is 1070. The van der Waals surface area contributed by atoms with Crippen molar-refractivity contribution in [3.63, 3.8) is 0 Å². The average molecular weight is 397 g/mol. The molecule has 1 heterocycles. The summed E-state index contributed by atoms with van der Waals surface area (Å²) in [6.07, 6.45) is 4.54. The lowest BCUT2D eigenvalue weighted by atomic mass is 10.2. The number of rotatable bonds is 8. The zero-order valence-corrected chi connectivity index (χ0v) is 16.6. The van der Waals surface area contributed by atoms with Crippen LogP contribution in [0.25, 0.3) is 5.69 Å². The Kier molecular flexibility index (Phi) is 6.20. The Morgan fingerprint density at radius 2 is 1.57 bits per heavy atom. The molecule has 0 fully saturated rings. The monoisotopic (exact) mass is 397 g/mol. The largest absolute Gasteiger partial charge is 0.489 e. The number of carbonyl (C=O) groups is 1. The number of hydrogen-bond acceptors (Lipinski definition) is 3. The van der Waals surface area contributed by atoms with Crippen molar-refractivity contribution >= 4 is 5.91 Å². The molecule has 0 radical (unpaired) electrons. The van der Waals surface area contributed by atoms with Gasteiger partial charge in [-0.1, -0.05) is 48.5 Å². The number of para-hydroxylation sites is 1. The van der Waals surface area contributed by atoms with Gasteiger partial charge in [0.25, 0.3) is 5.91 Å². The molecule has 0 atom stereocenters. The number of hydrogen-bond donors (Lipinski definition) is 1. The predicted molar refractivity (Wildman–Crippen MR) is 117 cm³/mol. The van der Waals surface area contributed by atoms with Crippen LogP contribution in [0, 0.1) is 0 Å². The van der Waals surface area contributed by atoms with E-state index >= 15 is 0 Å². The van der Waals surface area contributed by atoms with Crippen LogP contribution < -0.4 is 10.1 Å². The molecule has 150 valence electrons. The van der Waals surface area contributed by atoms with E-state index in [-0.39, 0.29) is 5.91 Å². The molecule has 0 aliphatic heterocycles. The van der Waals surface area contributed by atoms with Gasteiger partial charge in [-0.15, -0.1) is 0 Å². The second-order valence-electron chi connectivity index (χ2n) is 6.93. The van der Waals surface area contributed by atoms with Gasteiger partial charge in [-0.3, -0.25) is 4.79 Å². The summed E-state index contributed by atoms with van der Waals surface area (Å²) in [4.78, 5) is 12.4. The summed E-state index contributed by atoms with van der Waals surface area (Å²) in [7, 11) is 0. The van der Waals surface area contributed by atoms with E-state index in [1.165, 1.54) is 0 Å².